The Bertz CT molecular complexity index is 351. The molecule has 0 atom stereocenters. The maximum absolute atomic E-state index is 5.47. The van der Waals surface area contributed by atoms with Crippen molar-refractivity contribution < 1.29 is 4.42 Å². The second kappa shape index (κ2) is 5.04. The van der Waals surface area contributed by atoms with E-state index in [4.69, 9.17) is 10.2 Å². The predicted octanol–water partition coefficient (Wildman–Crippen LogP) is 1.95. The van der Waals surface area contributed by atoms with Crippen LogP contribution in [0, 0.1) is 5.41 Å². The molecule has 17 heavy (non-hydrogen) atoms. The Morgan fingerprint density at radius 2 is 2.06 bits per heavy atom. The number of nitrogens with two attached hydrogens (primary N) is 1. The van der Waals surface area contributed by atoms with Gasteiger partial charge in [-0.3, -0.25) is 0 Å². The van der Waals surface area contributed by atoms with Crippen LogP contribution in [-0.4, -0.2) is 22.8 Å². The minimum Gasteiger partial charge on any atom is -0.408 e. The summed E-state index contributed by atoms with van der Waals surface area (Å²) < 4.78 is 5.47. The molecule has 2 rings (SSSR count). The van der Waals surface area contributed by atoms with Crippen molar-refractivity contribution in [2.45, 2.75) is 52.0 Å². The van der Waals surface area contributed by atoms with E-state index in [1.165, 1.54) is 25.7 Å². The van der Waals surface area contributed by atoms with Crippen molar-refractivity contribution in [3.8, 4) is 0 Å². The van der Waals surface area contributed by atoms with Gasteiger partial charge in [0.15, 0.2) is 0 Å². The molecule has 0 bridgehead atoms. The Hall–Kier alpha value is -1.10. The number of rotatable bonds is 4. The van der Waals surface area contributed by atoms with E-state index >= 15 is 0 Å². The zero-order chi connectivity index (χ0) is 12.3. The summed E-state index contributed by atoms with van der Waals surface area (Å²) in [5.74, 6) is 0.617. The number of aromatic nitrogens is 2. The molecule has 0 saturated heterocycles. The van der Waals surface area contributed by atoms with Gasteiger partial charge in [0, 0.05) is 19.0 Å². The number of anilines is 1. The van der Waals surface area contributed by atoms with Crippen LogP contribution >= 0.6 is 0 Å². The van der Waals surface area contributed by atoms with E-state index < -0.39 is 0 Å². The Morgan fingerprint density at radius 1 is 1.35 bits per heavy atom. The molecule has 1 fully saturated rings. The molecule has 5 nitrogen and oxygen atoms in total. The van der Waals surface area contributed by atoms with Crippen molar-refractivity contribution in [1.29, 1.82) is 0 Å². The molecule has 1 aromatic heterocycles. The molecular formula is C12H22N4O. The average Bonchev–Trinajstić information content (AvgIpc) is 2.70. The lowest BCUT2D eigenvalue weighted by Gasteiger charge is -2.34. The number of nitrogens with one attached hydrogen (secondary N) is 1. The predicted molar refractivity (Wildman–Crippen MR) is 66.7 cm³/mol. The van der Waals surface area contributed by atoms with Gasteiger partial charge in [0.05, 0.1) is 0 Å². The molecule has 1 aromatic rings. The van der Waals surface area contributed by atoms with Crippen LogP contribution in [0.5, 0.6) is 0 Å². The van der Waals surface area contributed by atoms with Gasteiger partial charge in [-0.2, -0.15) is 0 Å². The van der Waals surface area contributed by atoms with Crippen molar-refractivity contribution in [1.82, 2.24) is 10.2 Å². The molecule has 0 aromatic carbocycles. The first-order valence-electron chi connectivity index (χ1n) is 6.38. The molecule has 0 radical (unpaired) electrons. The molecule has 96 valence electrons. The Kier molecular flexibility index (Phi) is 3.66. The minimum atomic E-state index is 0.467. The van der Waals surface area contributed by atoms with Gasteiger partial charge in [0.25, 0.3) is 0 Å². The molecule has 5 heteroatoms. The summed E-state index contributed by atoms with van der Waals surface area (Å²) in [6, 6.07) is 1.01. The van der Waals surface area contributed by atoms with E-state index in [1.54, 1.807) is 0 Å². The molecule has 1 saturated carbocycles. The number of hydrogen-bond donors (Lipinski definition) is 2. The third-order valence-corrected chi connectivity index (χ3v) is 3.49. The standard InChI is InChI=1S/C12H22N4O/c1-12(2)6-3-9(4-7-12)14-11-16-15-10(17-11)5-8-13/h9H,3-8,13H2,1-2H3,(H,14,16). The van der Waals surface area contributed by atoms with Gasteiger partial charge in [-0.15, -0.1) is 5.10 Å². The fraction of sp³-hybridized carbons (Fsp3) is 0.833. The van der Waals surface area contributed by atoms with Crippen molar-refractivity contribution >= 4 is 6.01 Å². The van der Waals surface area contributed by atoms with E-state index in [0.717, 1.165) is 0 Å². The zero-order valence-electron chi connectivity index (χ0n) is 10.7. The third kappa shape index (κ3) is 3.43. The second-order valence-corrected chi connectivity index (χ2v) is 5.62. The Balaban J connectivity index is 1.84. The smallest absolute Gasteiger partial charge is 0.315 e. The van der Waals surface area contributed by atoms with Crippen LogP contribution in [0.2, 0.25) is 0 Å². The summed E-state index contributed by atoms with van der Waals surface area (Å²) in [6.45, 7) is 5.20. The van der Waals surface area contributed by atoms with Crippen LogP contribution < -0.4 is 11.1 Å². The van der Waals surface area contributed by atoms with E-state index in [2.05, 4.69) is 29.4 Å². The first-order chi connectivity index (χ1) is 8.09. The van der Waals surface area contributed by atoms with Gasteiger partial charge in [-0.25, -0.2) is 0 Å². The maximum atomic E-state index is 5.47. The zero-order valence-corrected chi connectivity index (χ0v) is 10.7. The summed E-state index contributed by atoms with van der Waals surface area (Å²) >= 11 is 0. The maximum Gasteiger partial charge on any atom is 0.315 e. The molecule has 1 heterocycles. The lowest BCUT2D eigenvalue weighted by Crippen LogP contribution is -2.29. The summed E-state index contributed by atoms with van der Waals surface area (Å²) in [5, 5.41) is 11.2. The highest BCUT2D eigenvalue weighted by Crippen LogP contribution is 2.35. The fourth-order valence-corrected chi connectivity index (χ4v) is 2.25. The first-order valence-corrected chi connectivity index (χ1v) is 6.38. The summed E-state index contributed by atoms with van der Waals surface area (Å²) in [5.41, 5.74) is 5.92. The molecule has 0 unspecified atom stereocenters. The lowest BCUT2D eigenvalue weighted by molar-refractivity contribution is 0.231. The summed E-state index contributed by atoms with van der Waals surface area (Å²) in [4.78, 5) is 0. The molecule has 3 N–H and O–H groups in total. The normalized spacial score (nSPS) is 20.4. The van der Waals surface area contributed by atoms with Crippen LogP contribution in [0.3, 0.4) is 0 Å². The van der Waals surface area contributed by atoms with Crippen LogP contribution in [0.1, 0.15) is 45.4 Å². The van der Waals surface area contributed by atoms with Crippen LogP contribution in [-0.2, 0) is 6.42 Å². The largest absolute Gasteiger partial charge is 0.408 e. The van der Waals surface area contributed by atoms with E-state index in [0.29, 0.717) is 36.3 Å². The quantitative estimate of drug-likeness (QED) is 0.838. The van der Waals surface area contributed by atoms with E-state index in [-0.39, 0.29) is 0 Å². The molecule has 1 aliphatic carbocycles. The van der Waals surface area contributed by atoms with E-state index in [9.17, 15) is 0 Å². The van der Waals surface area contributed by atoms with Crippen LogP contribution in [0.25, 0.3) is 0 Å². The number of nitrogens with zero attached hydrogens (tertiary/aromatic N) is 2. The van der Waals surface area contributed by atoms with Crippen molar-refractivity contribution in [3.05, 3.63) is 5.89 Å². The average molecular weight is 238 g/mol. The highest BCUT2D eigenvalue weighted by Gasteiger charge is 2.27. The molecule has 0 spiro atoms. The van der Waals surface area contributed by atoms with Crippen molar-refractivity contribution in [2.75, 3.05) is 11.9 Å². The third-order valence-electron chi connectivity index (χ3n) is 3.49. The van der Waals surface area contributed by atoms with Gasteiger partial charge >= 0.3 is 6.01 Å². The first kappa shape index (κ1) is 12.4. The fourth-order valence-electron chi connectivity index (χ4n) is 2.25. The van der Waals surface area contributed by atoms with Crippen molar-refractivity contribution in [2.24, 2.45) is 11.1 Å². The summed E-state index contributed by atoms with van der Waals surface area (Å²) in [7, 11) is 0. The summed E-state index contributed by atoms with van der Waals surface area (Å²) in [6.07, 6.45) is 5.47. The highest BCUT2D eigenvalue weighted by molar-refractivity contribution is 5.20. The van der Waals surface area contributed by atoms with Crippen LogP contribution in [0.4, 0.5) is 6.01 Å². The van der Waals surface area contributed by atoms with E-state index in [1.807, 2.05) is 0 Å². The Labute approximate surface area is 102 Å². The van der Waals surface area contributed by atoms with Gasteiger partial charge in [0.1, 0.15) is 0 Å². The molecular weight excluding hydrogens is 216 g/mol. The SMILES string of the molecule is CC1(C)CCC(Nc2nnc(CCN)o2)CC1. The monoisotopic (exact) mass is 238 g/mol. The van der Waals surface area contributed by atoms with Gasteiger partial charge in [-0.1, -0.05) is 18.9 Å². The van der Waals surface area contributed by atoms with Crippen molar-refractivity contribution in [3.63, 3.8) is 0 Å². The van der Waals surface area contributed by atoms with Gasteiger partial charge < -0.3 is 15.5 Å². The topological polar surface area (TPSA) is 77.0 Å². The molecule has 1 aliphatic rings. The molecule has 0 amide bonds. The highest BCUT2D eigenvalue weighted by atomic mass is 16.4. The van der Waals surface area contributed by atoms with Crippen LogP contribution in [0.15, 0.2) is 4.42 Å². The lowest BCUT2D eigenvalue weighted by atomic mass is 9.76. The molecule has 0 aliphatic heterocycles. The minimum absolute atomic E-state index is 0.467. The van der Waals surface area contributed by atoms with Gasteiger partial charge in [-0.05, 0) is 31.1 Å². The second-order valence-electron chi connectivity index (χ2n) is 5.62. The van der Waals surface area contributed by atoms with Gasteiger partial charge in [0.2, 0.25) is 5.89 Å². The Morgan fingerprint density at radius 3 is 2.71 bits per heavy atom. The number of hydrogen-bond acceptors (Lipinski definition) is 5.